The van der Waals surface area contributed by atoms with Gasteiger partial charge in [-0.05, 0) is 66.8 Å². The fraction of sp³-hybridized carbons (Fsp3) is 0.500. The van der Waals surface area contributed by atoms with E-state index in [0.717, 1.165) is 24.0 Å². The average Bonchev–Trinajstić information content (AvgIpc) is 2.73. The lowest BCUT2D eigenvalue weighted by molar-refractivity contribution is 0.0939. The maximum atomic E-state index is 13.1. The minimum absolute atomic E-state index is 0.0699. The largest absolute Gasteiger partial charge is 0.346 e. The standard InChI is InChI=1S/C26H36N2O3S/c1-18-13-15-28(16-14-18)32(30,31)23-12-7-19(2)24(17-23)25(29)27-20(3)21-8-10-22(11-9-21)26(4,5)6/h7-12,17-18,20H,13-16H2,1-6H3,(H,27,29). The second kappa shape index (κ2) is 9.36. The lowest BCUT2D eigenvalue weighted by atomic mass is 9.86. The van der Waals surface area contributed by atoms with E-state index in [1.165, 1.54) is 11.6 Å². The molecule has 0 saturated carbocycles. The topological polar surface area (TPSA) is 66.5 Å². The second-order valence-corrected chi connectivity index (χ2v) is 12.1. The van der Waals surface area contributed by atoms with Crippen LogP contribution in [0.25, 0.3) is 0 Å². The van der Waals surface area contributed by atoms with Crippen LogP contribution in [0.1, 0.15) is 80.6 Å². The highest BCUT2D eigenvalue weighted by Crippen LogP contribution is 2.26. The quantitative estimate of drug-likeness (QED) is 0.672. The smallest absolute Gasteiger partial charge is 0.252 e. The normalized spacial score (nSPS) is 17.2. The van der Waals surface area contributed by atoms with Gasteiger partial charge >= 0.3 is 0 Å². The summed E-state index contributed by atoms with van der Waals surface area (Å²) in [5, 5.41) is 3.03. The molecule has 174 valence electrons. The Kier molecular flexibility index (Phi) is 7.15. The average molecular weight is 457 g/mol. The van der Waals surface area contributed by atoms with Gasteiger partial charge in [0.05, 0.1) is 10.9 Å². The van der Waals surface area contributed by atoms with Crippen molar-refractivity contribution in [3.8, 4) is 0 Å². The number of carbonyl (C=O) groups is 1. The Balaban J connectivity index is 1.78. The third kappa shape index (κ3) is 5.41. The molecule has 1 N–H and O–H groups in total. The molecule has 2 aromatic rings. The molecule has 0 radical (unpaired) electrons. The van der Waals surface area contributed by atoms with Gasteiger partial charge in [0.15, 0.2) is 0 Å². The van der Waals surface area contributed by atoms with Crippen molar-refractivity contribution in [2.45, 2.75) is 70.7 Å². The highest BCUT2D eigenvalue weighted by atomic mass is 32.2. The number of amides is 1. The van der Waals surface area contributed by atoms with E-state index < -0.39 is 10.0 Å². The number of benzene rings is 2. The molecule has 3 rings (SSSR count). The minimum atomic E-state index is -3.60. The lowest BCUT2D eigenvalue weighted by Gasteiger charge is -2.29. The SMILES string of the molecule is Cc1ccc(S(=O)(=O)N2CCC(C)CC2)cc1C(=O)NC(C)c1ccc(C(C)(C)C)cc1. The van der Waals surface area contributed by atoms with Crippen molar-refractivity contribution in [1.29, 1.82) is 0 Å². The third-order valence-corrected chi connectivity index (χ3v) is 8.35. The zero-order valence-electron chi connectivity index (χ0n) is 20.1. The molecule has 1 fully saturated rings. The summed E-state index contributed by atoms with van der Waals surface area (Å²) in [7, 11) is -3.60. The van der Waals surface area contributed by atoms with Gasteiger partial charge in [-0.15, -0.1) is 0 Å². The van der Waals surface area contributed by atoms with Crippen molar-refractivity contribution in [3.05, 3.63) is 64.7 Å². The lowest BCUT2D eigenvalue weighted by Crippen LogP contribution is -2.38. The van der Waals surface area contributed by atoms with Crippen LogP contribution in [0.15, 0.2) is 47.4 Å². The molecule has 1 aliphatic rings. The summed E-state index contributed by atoms with van der Waals surface area (Å²) in [4.78, 5) is 13.2. The summed E-state index contributed by atoms with van der Waals surface area (Å²) in [6.07, 6.45) is 1.73. The Labute approximate surface area is 193 Å². The molecule has 5 nitrogen and oxygen atoms in total. The van der Waals surface area contributed by atoms with Crippen LogP contribution >= 0.6 is 0 Å². The molecule has 1 heterocycles. The highest BCUT2D eigenvalue weighted by molar-refractivity contribution is 7.89. The van der Waals surface area contributed by atoms with E-state index in [1.807, 2.05) is 26.0 Å². The van der Waals surface area contributed by atoms with Gasteiger partial charge in [0.1, 0.15) is 0 Å². The van der Waals surface area contributed by atoms with Crippen molar-refractivity contribution >= 4 is 15.9 Å². The van der Waals surface area contributed by atoms with Crippen LogP contribution in [-0.2, 0) is 15.4 Å². The molecule has 32 heavy (non-hydrogen) atoms. The molecule has 0 aromatic heterocycles. The molecular formula is C26H36N2O3S. The number of sulfonamides is 1. The molecule has 6 heteroatoms. The van der Waals surface area contributed by atoms with Crippen molar-refractivity contribution in [2.24, 2.45) is 5.92 Å². The van der Waals surface area contributed by atoms with Crippen LogP contribution in [0.5, 0.6) is 0 Å². The summed E-state index contributed by atoms with van der Waals surface area (Å²) in [6, 6.07) is 12.9. The molecule has 0 spiro atoms. The Bertz CT molecular complexity index is 1060. The monoisotopic (exact) mass is 456 g/mol. The van der Waals surface area contributed by atoms with Gasteiger partial charge in [-0.3, -0.25) is 4.79 Å². The van der Waals surface area contributed by atoms with E-state index >= 15 is 0 Å². The van der Waals surface area contributed by atoms with E-state index in [0.29, 0.717) is 24.6 Å². The van der Waals surface area contributed by atoms with Crippen LogP contribution in [0.2, 0.25) is 0 Å². The summed E-state index contributed by atoms with van der Waals surface area (Å²) in [5.74, 6) is 0.277. The van der Waals surface area contributed by atoms with Gasteiger partial charge in [-0.2, -0.15) is 4.31 Å². The van der Waals surface area contributed by atoms with Crippen LogP contribution in [-0.4, -0.2) is 31.7 Å². The first kappa shape index (κ1) is 24.5. The van der Waals surface area contributed by atoms with E-state index in [-0.39, 0.29) is 22.3 Å². The molecule has 0 bridgehead atoms. The number of carbonyl (C=O) groups excluding carboxylic acids is 1. The van der Waals surface area contributed by atoms with Crippen molar-refractivity contribution < 1.29 is 13.2 Å². The van der Waals surface area contributed by atoms with E-state index in [9.17, 15) is 13.2 Å². The Morgan fingerprint density at radius 1 is 1.06 bits per heavy atom. The molecule has 1 aliphatic heterocycles. The third-order valence-electron chi connectivity index (χ3n) is 6.46. The maximum absolute atomic E-state index is 13.1. The zero-order chi connectivity index (χ0) is 23.7. The first-order valence-corrected chi connectivity index (χ1v) is 12.9. The van der Waals surface area contributed by atoms with Crippen LogP contribution in [0, 0.1) is 12.8 Å². The van der Waals surface area contributed by atoms with Gasteiger partial charge in [0, 0.05) is 18.7 Å². The fourth-order valence-electron chi connectivity index (χ4n) is 4.01. The molecular weight excluding hydrogens is 420 g/mol. The summed E-state index contributed by atoms with van der Waals surface area (Å²) < 4.78 is 27.8. The molecule has 1 unspecified atom stereocenters. The molecule has 1 atom stereocenters. The van der Waals surface area contributed by atoms with E-state index in [4.69, 9.17) is 0 Å². The van der Waals surface area contributed by atoms with Gasteiger partial charge in [0.2, 0.25) is 10.0 Å². The Hall–Kier alpha value is -2.18. The van der Waals surface area contributed by atoms with Crippen LogP contribution in [0.4, 0.5) is 0 Å². The first-order chi connectivity index (χ1) is 14.9. The first-order valence-electron chi connectivity index (χ1n) is 11.4. The van der Waals surface area contributed by atoms with E-state index in [2.05, 4.69) is 45.1 Å². The molecule has 1 saturated heterocycles. The van der Waals surface area contributed by atoms with Crippen LogP contribution < -0.4 is 5.32 Å². The van der Waals surface area contributed by atoms with Crippen molar-refractivity contribution in [2.75, 3.05) is 13.1 Å². The van der Waals surface area contributed by atoms with Gasteiger partial charge in [0.25, 0.3) is 5.91 Å². The number of nitrogens with zero attached hydrogens (tertiary/aromatic N) is 1. The number of piperidine rings is 1. The highest BCUT2D eigenvalue weighted by Gasteiger charge is 2.29. The van der Waals surface area contributed by atoms with Crippen LogP contribution in [0.3, 0.4) is 0 Å². The minimum Gasteiger partial charge on any atom is -0.346 e. The number of hydrogen-bond acceptors (Lipinski definition) is 3. The summed E-state index contributed by atoms with van der Waals surface area (Å²) in [6.45, 7) is 13.5. The predicted molar refractivity (Wildman–Crippen MR) is 129 cm³/mol. The Morgan fingerprint density at radius 2 is 1.66 bits per heavy atom. The Morgan fingerprint density at radius 3 is 2.22 bits per heavy atom. The number of rotatable bonds is 5. The predicted octanol–water partition coefficient (Wildman–Crippen LogP) is 5.20. The molecule has 1 amide bonds. The maximum Gasteiger partial charge on any atom is 0.252 e. The van der Waals surface area contributed by atoms with Crippen molar-refractivity contribution in [1.82, 2.24) is 9.62 Å². The van der Waals surface area contributed by atoms with Gasteiger partial charge in [-0.1, -0.05) is 58.0 Å². The summed E-state index contributed by atoms with van der Waals surface area (Å²) >= 11 is 0. The molecule has 2 aromatic carbocycles. The summed E-state index contributed by atoms with van der Waals surface area (Å²) in [5.41, 5.74) is 3.47. The number of hydrogen-bond donors (Lipinski definition) is 1. The second-order valence-electron chi connectivity index (χ2n) is 10.1. The fourth-order valence-corrected chi connectivity index (χ4v) is 5.51. The number of nitrogens with one attached hydrogen (secondary N) is 1. The zero-order valence-corrected chi connectivity index (χ0v) is 20.9. The number of aryl methyl sites for hydroxylation is 1. The van der Waals surface area contributed by atoms with E-state index in [1.54, 1.807) is 16.4 Å². The van der Waals surface area contributed by atoms with Gasteiger partial charge in [-0.25, -0.2) is 8.42 Å². The van der Waals surface area contributed by atoms with Crippen molar-refractivity contribution in [3.63, 3.8) is 0 Å². The van der Waals surface area contributed by atoms with Gasteiger partial charge < -0.3 is 5.32 Å². The molecule has 0 aliphatic carbocycles.